The van der Waals surface area contributed by atoms with Crippen molar-refractivity contribution in [1.29, 1.82) is 0 Å². The van der Waals surface area contributed by atoms with Crippen LogP contribution in [0.25, 0.3) is 16.9 Å². The zero-order chi connectivity index (χ0) is 26.4. The molecule has 1 saturated heterocycles. The van der Waals surface area contributed by atoms with E-state index >= 15 is 0 Å². The molecular formula is C28H23N5O5. The number of carbonyl (C=O) groups excluding carboxylic acids is 4. The number of imide groups is 2. The molecule has 1 unspecified atom stereocenters. The lowest BCUT2D eigenvalue weighted by atomic mass is 10.0. The highest BCUT2D eigenvalue weighted by molar-refractivity contribution is 6.23. The van der Waals surface area contributed by atoms with Crippen LogP contribution in [0, 0.1) is 0 Å². The fourth-order valence-electron chi connectivity index (χ4n) is 4.91. The number of hydrogen-bond donors (Lipinski definition) is 2. The first-order valence-electron chi connectivity index (χ1n) is 12.1. The highest BCUT2D eigenvalue weighted by atomic mass is 16.5. The number of anilines is 1. The number of hydrogen-bond acceptors (Lipinski definition) is 7. The molecule has 0 radical (unpaired) electrons. The van der Waals surface area contributed by atoms with Gasteiger partial charge in [-0.25, -0.2) is 4.98 Å². The minimum atomic E-state index is -1.01. The Morgan fingerprint density at radius 2 is 1.79 bits per heavy atom. The van der Waals surface area contributed by atoms with Crippen molar-refractivity contribution in [2.45, 2.75) is 25.4 Å². The predicted molar refractivity (Wildman–Crippen MR) is 138 cm³/mol. The van der Waals surface area contributed by atoms with Gasteiger partial charge >= 0.3 is 0 Å². The third-order valence-electron chi connectivity index (χ3n) is 6.86. The van der Waals surface area contributed by atoms with Gasteiger partial charge in [-0.1, -0.05) is 24.3 Å². The first kappa shape index (κ1) is 23.4. The van der Waals surface area contributed by atoms with Gasteiger partial charge < -0.3 is 10.1 Å². The number of pyridine rings is 1. The van der Waals surface area contributed by atoms with E-state index in [1.165, 1.54) is 0 Å². The van der Waals surface area contributed by atoms with Gasteiger partial charge in [-0.15, -0.1) is 0 Å². The fraction of sp³-hybridized carbons (Fsp3) is 0.179. The molecule has 0 spiro atoms. The summed E-state index contributed by atoms with van der Waals surface area (Å²) in [6.45, 7) is 0.519. The number of nitrogens with zero attached hydrogens (tertiary/aromatic N) is 3. The predicted octanol–water partition coefficient (Wildman–Crippen LogP) is 3.02. The number of methoxy groups -OCH3 is 1. The summed E-state index contributed by atoms with van der Waals surface area (Å²) in [4.78, 5) is 56.1. The number of aromatic nitrogens is 2. The molecule has 4 amide bonds. The lowest BCUT2D eigenvalue weighted by Gasteiger charge is -2.27. The Bertz CT molecular complexity index is 1620. The average Bonchev–Trinajstić information content (AvgIpc) is 3.42. The van der Waals surface area contributed by atoms with E-state index in [2.05, 4.69) is 10.6 Å². The third-order valence-corrected chi connectivity index (χ3v) is 6.86. The number of nitrogens with one attached hydrogen (secondary N) is 2. The molecule has 0 saturated carbocycles. The molecule has 1 fully saturated rings. The third kappa shape index (κ3) is 3.86. The molecule has 4 aromatic rings. The Hall–Kier alpha value is -4.99. The Balaban J connectivity index is 1.35. The van der Waals surface area contributed by atoms with Crippen LogP contribution in [0.5, 0.6) is 5.75 Å². The van der Waals surface area contributed by atoms with Crippen LogP contribution >= 0.6 is 0 Å². The molecule has 190 valence electrons. The summed E-state index contributed by atoms with van der Waals surface area (Å²) < 4.78 is 7.16. The summed E-state index contributed by atoms with van der Waals surface area (Å²) in [6, 6.07) is 17.4. The van der Waals surface area contributed by atoms with Crippen LogP contribution in [-0.4, -0.2) is 51.1 Å². The van der Waals surface area contributed by atoms with E-state index in [1.807, 2.05) is 53.1 Å². The monoisotopic (exact) mass is 509 g/mol. The van der Waals surface area contributed by atoms with Crippen molar-refractivity contribution < 1.29 is 23.9 Å². The Kier molecular flexibility index (Phi) is 5.64. The van der Waals surface area contributed by atoms with E-state index in [1.54, 1.807) is 25.3 Å². The Morgan fingerprint density at radius 1 is 1.00 bits per heavy atom. The Labute approximate surface area is 217 Å². The second-order valence-electron chi connectivity index (χ2n) is 9.15. The zero-order valence-corrected chi connectivity index (χ0v) is 20.4. The summed E-state index contributed by atoms with van der Waals surface area (Å²) in [5, 5.41) is 5.67. The van der Waals surface area contributed by atoms with Crippen molar-refractivity contribution >= 4 is 35.1 Å². The van der Waals surface area contributed by atoms with Gasteiger partial charge in [0, 0.05) is 24.7 Å². The summed E-state index contributed by atoms with van der Waals surface area (Å²) >= 11 is 0. The molecule has 1 atom stereocenters. The number of amides is 4. The quantitative estimate of drug-likeness (QED) is 0.383. The van der Waals surface area contributed by atoms with Crippen molar-refractivity contribution in [1.82, 2.24) is 19.6 Å². The first-order chi connectivity index (χ1) is 18.4. The second kappa shape index (κ2) is 9.15. The van der Waals surface area contributed by atoms with Gasteiger partial charge in [0.1, 0.15) is 29.0 Å². The van der Waals surface area contributed by atoms with Crippen LogP contribution in [0.3, 0.4) is 0 Å². The van der Waals surface area contributed by atoms with E-state index in [-0.39, 0.29) is 24.0 Å². The van der Waals surface area contributed by atoms with Crippen molar-refractivity contribution in [3.05, 3.63) is 83.6 Å². The van der Waals surface area contributed by atoms with Crippen LogP contribution < -0.4 is 15.4 Å². The van der Waals surface area contributed by atoms with Gasteiger partial charge in [0.15, 0.2) is 0 Å². The van der Waals surface area contributed by atoms with Crippen molar-refractivity contribution in [2.24, 2.45) is 0 Å². The first-order valence-corrected chi connectivity index (χ1v) is 12.1. The number of fused-ring (bicyclic) bond motifs is 2. The summed E-state index contributed by atoms with van der Waals surface area (Å²) in [7, 11) is 1.62. The summed E-state index contributed by atoms with van der Waals surface area (Å²) in [6.07, 6.45) is 2.07. The lowest BCUT2D eigenvalue weighted by Crippen LogP contribution is -2.54. The summed E-state index contributed by atoms with van der Waals surface area (Å²) in [5.41, 5.74) is 3.45. The zero-order valence-electron chi connectivity index (χ0n) is 20.4. The van der Waals surface area contributed by atoms with Gasteiger partial charge in [0.25, 0.3) is 11.8 Å². The highest BCUT2D eigenvalue weighted by Gasteiger charge is 2.44. The maximum absolute atomic E-state index is 13.3. The van der Waals surface area contributed by atoms with Crippen LogP contribution in [0.1, 0.15) is 39.1 Å². The summed E-state index contributed by atoms with van der Waals surface area (Å²) in [5.74, 6) is -0.645. The number of piperidine rings is 1. The smallest absolute Gasteiger partial charge is 0.262 e. The molecule has 2 aromatic carbocycles. The SMILES string of the molecule is COc1ccc(CNc2c(-c3ccc4c(c3)C(=O)N(C3CCC(=O)NC3=O)C4=O)nc3ccccn23)cc1. The molecule has 0 aliphatic carbocycles. The number of carbonyl (C=O) groups is 4. The molecule has 10 nitrogen and oxygen atoms in total. The lowest BCUT2D eigenvalue weighted by molar-refractivity contribution is -0.136. The second-order valence-corrected chi connectivity index (χ2v) is 9.15. The molecule has 2 aromatic heterocycles. The van der Waals surface area contributed by atoms with Crippen LogP contribution in [0.4, 0.5) is 5.82 Å². The van der Waals surface area contributed by atoms with E-state index < -0.39 is 29.7 Å². The number of imidazole rings is 1. The molecule has 0 bridgehead atoms. The maximum atomic E-state index is 13.3. The van der Waals surface area contributed by atoms with Gasteiger partial charge in [-0.2, -0.15) is 0 Å². The normalized spacial score (nSPS) is 17.1. The van der Waals surface area contributed by atoms with E-state index in [0.29, 0.717) is 23.4 Å². The van der Waals surface area contributed by atoms with Crippen LogP contribution in [-0.2, 0) is 16.1 Å². The maximum Gasteiger partial charge on any atom is 0.262 e. The van der Waals surface area contributed by atoms with Gasteiger partial charge in [-0.3, -0.25) is 33.8 Å². The highest BCUT2D eigenvalue weighted by Crippen LogP contribution is 2.34. The standard InChI is InChI=1S/C28H23N5O5/c1-38-18-8-5-16(6-9-18)15-29-25-24(30-22-4-2-3-13-32(22)25)17-7-10-19-20(14-17)28(37)33(27(19)36)21-11-12-23(34)31-26(21)35/h2-10,13-14,21,29H,11-12,15H2,1H3,(H,31,34,35). The minimum absolute atomic E-state index is 0.0690. The number of ether oxygens (including phenoxy) is 1. The van der Waals surface area contributed by atoms with Crippen LogP contribution in [0.15, 0.2) is 66.9 Å². The van der Waals surface area contributed by atoms with Crippen molar-refractivity contribution in [2.75, 3.05) is 12.4 Å². The number of benzene rings is 2. The van der Waals surface area contributed by atoms with Gasteiger partial charge in [-0.05, 0) is 48.4 Å². The minimum Gasteiger partial charge on any atom is -0.497 e. The van der Waals surface area contributed by atoms with Crippen molar-refractivity contribution in [3.8, 4) is 17.0 Å². The van der Waals surface area contributed by atoms with Crippen LogP contribution in [0.2, 0.25) is 0 Å². The largest absolute Gasteiger partial charge is 0.497 e. The van der Waals surface area contributed by atoms with Crippen molar-refractivity contribution in [3.63, 3.8) is 0 Å². The molecule has 38 heavy (non-hydrogen) atoms. The van der Waals surface area contributed by atoms with Gasteiger partial charge in [0.05, 0.1) is 18.2 Å². The molecule has 10 heteroatoms. The van der Waals surface area contributed by atoms with Gasteiger partial charge in [0.2, 0.25) is 11.8 Å². The molecular weight excluding hydrogens is 486 g/mol. The number of rotatable bonds is 6. The average molecular weight is 510 g/mol. The topological polar surface area (TPSA) is 122 Å². The molecule has 2 N–H and O–H groups in total. The molecule has 4 heterocycles. The van der Waals surface area contributed by atoms with E-state index in [0.717, 1.165) is 22.0 Å². The van der Waals surface area contributed by atoms with E-state index in [4.69, 9.17) is 9.72 Å². The fourth-order valence-corrected chi connectivity index (χ4v) is 4.91. The molecule has 6 rings (SSSR count). The Morgan fingerprint density at radius 3 is 2.55 bits per heavy atom. The van der Waals surface area contributed by atoms with E-state index in [9.17, 15) is 19.2 Å². The molecule has 2 aliphatic heterocycles. The molecule has 2 aliphatic rings.